The molecule has 1 aliphatic heterocycles. The van der Waals surface area contributed by atoms with E-state index in [0.29, 0.717) is 123 Å². The number of nitrogens with zero attached hydrogens (tertiary/aromatic N) is 4. The van der Waals surface area contributed by atoms with E-state index in [-0.39, 0.29) is 89.2 Å². The highest BCUT2D eigenvalue weighted by Crippen LogP contribution is 2.14. The zero-order valence-electron chi connectivity index (χ0n) is 36.7. The Morgan fingerprint density at radius 3 is 1.71 bits per heavy atom. The topological polar surface area (TPSA) is 260 Å². The van der Waals surface area contributed by atoms with Crippen molar-refractivity contribution in [2.24, 2.45) is 0 Å². The second-order valence-corrected chi connectivity index (χ2v) is 15.1. The lowest BCUT2D eigenvalue weighted by Gasteiger charge is -2.34. The van der Waals surface area contributed by atoms with Crippen molar-refractivity contribution in [1.29, 1.82) is 0 Å². The van der Waals surface area contributed by atoms with Crippen molar-refractivity contribution >= 4 is 35.3 Å². The van der Waals surface area contributed by atoms with Crippen LogP contribution in [-0.4, -0.2) is 193 Å². The van der Waals surface area contributed by atoms with Gasteiger partial charge in [0.1, 0.15) is 0 Å². The molecule has 2 rings (SSSR count). The smallest absolute Gasteiger partial charge is 0.249 e. The van der Waals surface area contributed by atoms with Crippen LogP contribution in [0.2, 0.25) is 0 Å². The fourth-order valence-electron chi connectivity index (χ4n) is 6.91. The predicted octanol–water partition coefficient (Wildman–Crippen LogP) is -3.58. The van der Waals surface area contributed by atoms with E-state index >= 15 is 0 Å². The minimum absolute atomic E-state index is 0.0152. The van der Waals surface area contributed by atoms with Crippen LogP contribution in [0, 0.1) is 0 Å². The molecule has 1 aliphatic rings. The molecule has 1 saturated heterocycles. The first-order chi connectivity index (χ1) is 29.8. The van der Waals surface area contributed by atoms with Gasteiger partial charge in [-0.1, -0.05) is 0 Å². The highest BCUT2D eigenvalue weighted by Gasteiger charge is 2.24. The van der Waals surface area contributed by atoms with Crippen LogP contribution in [0.5, 0.6) is 0 Å². The molecule has 0 saturated carbocycles. The number of ether oxygens (including phenoxy) is 5. The summed E-state index contributed by atoms with van der Waals surface area (Å²) < 4.78 is 27.4. The molecule has 1 aromatic rings. The average molecular weight is 883 g/mol. The van der Waals surface area contributed by atoms with Crippen LogP contribution in [0.4, 0.5) is 5.69 Å². The zero-order chi connectivity index (χ0) is 45.5. The van der Waals surface area contributed by atoms with E-state index in [0.717, 1.165) is 6.42 Å². The number of amides is 1. The Morgan fingerprint density at radius 1 is 0.661 bits per heavy atom. The number of nitrogens with one attached hydrogen (secondary N) is 1. The second-order valence-electron chi connectivity index (χ2n) is 15.1. The van der Waals surface area contributed by atoms with Crippen molar-refractivity contribution in [3.63, 3.8) is 0 Å². The highest BCUT2D eigenvalue weighted by molar-refractivity contribution is 5.85. The number of carbonyl (C=O) groups is 5. The van der Waals surface area contributed by atoms with Crippen molar-refractivity contribution in [3.05, 3.63) is 26.0 Å². The molecule has 20 heteroatoms. The monoisotopic (exact) mass is 882 g/mol. The predicted molar refractivity (Wildman–Crippen MR) is 221 cm³/mol. The van der Waals surface area contributed by atoms with Crippen LogP contribution in [0.1, 0.15) is 70.8 Å². The summed E-state index contributed by atoms with van der Waals surface area (Å²) in [5, 5.41) is 37.6. The minimum Gasteiger partial charge on any atom is -0.549 e. The van der Waals surface area contributed by atoms with Crippen LogP contribution in [0.3, 0.4) is 0 Å². The first kappa shape index (κ1) is 54.2. The van der Waals surface area contributed by atoms with Crippen molar-refractivity contribution in [3.8, 4) is 0 Å². The fraction of sp³-hybridized carbons (Fsp3) is 0.786. The number of unbranched alkanes of at least 4 members (excludes halogenated alkanes) is 2. The van der Waals surface area contributed by atoms with Gasteiger partial charge in [-0.3, -0.25) is 33.9 Å². The standard InChI is InChI=1S/C42H71N5O15/c1-3-58-24-25-61-23-9-14-47(33(2)48)30-34(49)10-4-6-21-59-26-28-62-29-27-60-22-7-5-11-35-39(41(55)40(35)54)43-13-8-12-36(42(56)57)46-19-17-44(31-37(50)51)15-16-45(18-20-46)32-38(52)53/h36,43H,3-32H2,1-2H3,(H,50,51)(H,52,53)(H,56,57)/p-3. The lowest BCUT2D eigenvalue weighted by atomic mass is 10.0. The summed E-state index contributed by atoms with van der Waals surface area (Å²) in [4.78, 5) is 89.8. The number of rotatable bonds is 37. The number of hydrogen-bond acceptors (Lipinski definition) is 19. The molecular formula is C42H68N5O15-3. The number of carboxylic acids is 3. The summed E-state index contributed by atoms with van der Waals surface area (Å²) in [7, 11) is 0. The Kier molecular flexibility index (Phi) is 28.6. The quantitative estimate of drug-likeness (QED) is 0.0500. The molecule has 0 spiro atoms. The third-order valence-electron chi connectivity index (χ3n) is 10.3. The third-order valence-corrected chi connectivity index (χ3v) is 10.3. The molecule has 0 radical (unpaired) electrons. The van der Waals surface area contributed by atoms with Gasteiger partial charge in [-0.2, -0.15) is 0 Å². The molecule has 1 aromatic carbocycles. The number of anilines is 1. The van der Waals surface area contributed by atoms with Gasteiger partial charge in [-0.15, -0.1) is 0 Å². The number of Topliss-reactive ketones (excluding diaryl/α,β-unsaturated/α-hetero) is 1. The molecule has 1 N–H and O–H groups in total. The molecule has 1 unspecified atom stereocenters. The summed E-state index contributed by atoms with van der Waals surface area (Å²) in [6, 6.07) is -1.05. The number of aliphatic carboxylic acids is 3. The van der Waals surface area contributed by atoms with Crippen LogP contribution in [0.25, 0.3) is 0 Å². The molecule has 1 atom stereocenters. The number of hydrogen-bond donors (Lipinski definition) is 1. The van der Waals surface area contributed by atoms with E-state index in [1.807, 2.05) is 6.92 Å². The molecule has 20 nitrogen and oxygen atoms in total. The highest BCUT2D eigenvalue weighted by atomic mass is 16.5. The van der Waals surface area contributed by atoms with Crippen LogP contribution >= 0.6 is 0 Å². The summed E-state index contributed by atoms with van der Waals surface area (Å²) in [6.07, 6.45) is 4.54. The Morgan fingerprint density at radius 2 is 1.18 bits per heavy atom. The Labute approximate surface area is 364 Å². The molecule has 354 valence electrons. The van der Waals surface area contributed by atoms with Crippen molar-refractivity contribution < 1.29 is 63.0 Å². The number of ketones is 1. The van der Waals surface area contributed by atoms with Crippen LogP contribution < -0.4 is 31.5 Å². The van der Waals surface area contributed by atoms with E-state index in [9.17, 15) is 48.9 Å². The summed E-state index contributed by atoms with van der Waals surface area (Å²) >= 11 is 0. The number of carbonyl (C=O) groups excluding carboxylic acids is 5. The molecule has 1 amide bonds. The van der Waals surface area contributed by atoms with Crippen LogP contribution in [0.15, 0.2) is 9.59 Å². The van der Waals surface area contributed by atoms with Gasteiger partial charge in [0, 0.05) is 117 Å². The Balaban J connectivity index is 1.55. The first-order valence-electron chi connectivity index (χ1n) is 21.8. The molecule has 1 fully saturated rings. The molecule has 0 bridgehead atoms. The average Bonchev–Trinajstić information content (AvgIpc) is 3.31. The van der Waals surface area contributed by atoms with Gasteiger partial charge in [0.25, 0.3) is 0 Å². The number of carboxylic acid groups (broad SMARTS) is 3. The molecule has 0 aromatic heterocycles. The van der Waals surface area contributed by atoms with Crippen LogP contribution in [-0.2, 0) is 54.1 Å². The summed E-state index contributed by atoms with van der Waals surface area (Å²) in [6.45, 7) is 9.50. The van der Waals surface area contributed by atoms with Crippen molar-refractivity contribution in [2.75, 3.05) is 143 Å². The molecular weight excluding hydrogens is 814 g/mol. The maximum absolute atomic E-state index is 12.4. The lowest BCUT2D eigenvalue weighted by Crippen LogP contribution is -2.52. The maximum atomic E-state index is 12.4. The van der Waals surface area contributed by atoms with Gasteiger partial charge in [0.05, 0.1) is 69.8 Å². The van der Waals surface area contributed by atoms with E-state index in [1.54, 1.807) is 19.6 Å². The van der Waals surface area contributed by atoms with E-state index in [4.69, 9.17) is 23.7 Å². The lowest BCUT2D eigenvalue weighted by molar-refractivity contribution is -0.313. The van der Waals surface area contributed by atoms with Crippen molar-refractivity contribution in [1.82, 2.24) is 19.6 Å². The van der Waals surface area contributed by atoms with Gasteiger partial charge >= 0.3 is 0 Å². The third kappa shape index (κ3) is 23.5. The van der Waals surface area contributed by atoms with Gasteiger partial charge in [0.15, 0.2) is 5.78 Å². The van der Waals surface area contributed by atoms with Gasteiger partial charge in [-0.05, 0) is 58.3 Å². The molecule has 62 heavy (non-hydrogen) atoms. The second kappa shape index (κ2) is 32.7. The fourth-order valence-corrected chi connectivity index (χ4v) is 6.91. The Bertz CT molecular complexity index is 1510. The largest absolute Gasteiger partial charge is 0.549 e. The van der Waals surface area contributed by atoms with E-state index in [2.05, 4.69) is 5.32 Å². The van der Waals surface area contributed by atoms with Gasteiger partial charge in [0.2, 0.25) is 16.8 Å². The van der Waals surface area contributed by atoms with Gasteiger partial charge < -0.3 is 63.6 Å². The SMILES string of the molecule is CCOCCOCCCN(CC(=O)CCCCOCCOCCOCCCCc1c(NCCCC(C(=O)[O-])N2CCN(CC(=O)[O-])CCN(CC(=O)[O-])CC2)c(=O)c1=O)C(C)=O. The molecule has 1 heterocycles. The minimum atomic E-state index is -1.33. The van der Waals surface area contributed by atoms with Gasteiger partial charge in [-0.25, -0.2) is 0 Å². The zero-order valence-corrected chi connectivity index (χ0v) is 36.7. The van der Waals surface area contributed by atoms with E-state index < -0.39 is 34.8 Å². The maximum Gasteiger partial charge on any atom is 0.249 e. The first-order valence-corrected chi connectivity index (χ1v) is 21.8. The summed E-state index contributed by atoms with van der Waals surface area (Å²) in [5.74, 6) is -4.04. The molecule has 0 aliphatic carbocycles. The normalized spacial score (nSPS) is 14.9. The summed E-state index contributed by atoms with van der Waals surface area (Å²) in [5.41, 5.74) is -0.505. The van der Waals surface area contributed by atoms with E-state index in [1.165, 1.54) is 6.92 Å². The van der Waals surface area contributed by atoms with Crippen molar-refractivity contribution in [2.45, 2.75) is 77.7 Å². The Hall–Kier alpha value is -3.89.